The molecular weight excluding hydrogens is 502 g/mol. The number of nitrogens with two attached hydrogens (primary N) is 1. The molecule has 0 aromatic heterocycles. The minimum absolute atomic E-state index is 0.00203. The Hall–Kier alpha value is -3.78. The third kappa shape index (κ3) is 10.4. The van der Waals surface area contributed by atoms with Gasteiger partial charge in [0.1, 0.15) is 5.84 Å². The zero-order valence-electron chi connectivity index (χ0n) is 25.3. The average molecular weight is 550 g/mol. The number of hydrogen-bond acceptors (Lipinski definition) is 6. The minimum Gasteiger partial charge on any atom is -0.387 e. The second kappa shape index (κ2) is 18.5. The van der Waals surface area contributed by atoms with Crippen LogP contribution >= 0.6 is 0 Å². The van der Waals surface area contributed by atoms with Crippen molar-refractivity contribution in [3.05, 3.63) is 53.1 Å². The van der Waals surface area contributed by atoms with Crippen molar-refractivity contribution >= 4 is 41.9 Å². The lowest BCUT2D eigenvalue weighted by Gasteiger charge is -2.22. The number of anilines is 1. The fourth-order valence-electron chi connectivity index (χ4n) is 4.24. The first kappa shape index (κ1) is 34.2. The van der Waals surface area contributed by atoms with Crippen molar-refractivity contribution in [2.75, 3.05) is 39.0 Å². The lowest BCUT2D eigenvalue weighted by atomic mass is 9.99. The number of fused-ring (bicyclic) bond motifs is 1. The van der Waals surface area contributed by atoms with E-state index in [1.54, 1.807) is 12.1 Å². The van der Waals surface area contributed by atoms with Crippen LogP contribution in [-0.4, -0.2) is 68.0 Å². The van der Waals surface area contributed by atoms with Gasteiger partial charge in [0.25, 0.3) is 0 Å². The third-order valence-electron chi connectivity index (χ3n) is 5.94. The van der Waals surface area contributed by atoms with Crippen molar-refractivity contribution in [2.45, 2.75) is 60.3 Å². The Morgan fingerprint density at radius 3 is 2.08 bits per heavy atom. The van der Waals surface area contributed by atoms with E-state index in [1.165, 1.54) is 13.0 Å². The van der Waals surface area contributed by atoms with Gasteiger partial charge in [-0.25, -0.2) is 4.99 Å². The highest BCUT2D eigenvalue weighted by molar-refractivity contribution is 6.05. The molecule has 2 aromatic rings. The SMILES string of the molecule is CC.CCCN(C)C.CCCN(CCC)C(=O)C1=Cc2ccc(-c3ccc(C=O)c(NC=O)c3)cc2N=C(N)C1. The van der Waals surface area contributed by atoms with E-state index in [4.69, 9.17) is 5.73 Å². The Morgan fingerprint density at radius 1 is 0.950 bits per heavy atom. The molecule has 1 aliphatic rings. The molecule has 0 unspecified atom stereocenters. The summed E-state index contributed by atoms with van der Waals surface area (Å²) in [4.78, 5) is 43.8. The van der Waals surface area contributed by atoms with E-state index in [0.29, 0.717) is 60.6 Å². The van der Waals surface area contributed by atoms with Gasteiger partial charge in [-0.2, -0.15) is 0 Å². The molecule has 8 nitrogen and oxygen atoms in total. The van der Waals surface area contributed by atoms with Crippen LogP contribution in [0.5, 0.6) is 0 Å². The van der Waals surface area contributed by atoms with Crippen LogP contribution < -0.4 is 11.1 Å². The molecule has 2 amide bonds. The minimum atomic E-state index is -0.00203. The molecule has 8 heteroatoms. The zero-order valence-corrected chi connectivity index (χ0v) is 25.3. The lowest BCUT2D eigenvalue weighted by molar-refractivity contribution is -0.127. The number of nitrogens with zero attached hydrogens (tertiary/aromatic N) is 3. The van der Waals surface area contributed by atoms with Crippen LogP contribution in [0, 0.1) is 0 Å². The molecule has 0 saturated heterocycles. The van der Waals surface area contributed by atoms with Crippen LogP contribution in [-0.2, 0) is 9.59 Å². The molecule has 3 rings (SSSR count). The van der Waals surface area contributed by atoms with Crippen LogP contribution in [0.2, 0.25) is 0 Å². The van der Waals surface area contributed by atoms with Crippen molar-refractivity contribution in [3.63, 3.8) is 0 Å². The number of amidine groups is 1. The third-order valence-corrected chi connectivity index (χ3v) is 5.94. The van der Waals surface area contributed by atoms with E-state index < -0.39 is 0 Å². The maximum absolute atomic E-state index is 13.1. The summed E-state index contributed by atoms with van der Waals surface area (Å²) in [5.41, 5.74) is 10.8. The summed E-state index contributed by atoms with van der Waals surface area (Å²) < 4.78 is 0. The van der Waals surface area contributed by atoms with Crippen molar-refractivity contribution in [1.29, 1.82) is 0 Å². The van der Waals surface area contributed by atoms with Gasteiger partial charge in [-0.3, -0.25) is 14.4 Å². The Kier molecular flexibility index (Phi) is 15.8. The molecule has 0 bridgehead atoms. The first-order valence-corrected chi connectivity index (χ1v) is 14.2. The van der Waals surface area contributed by atoms with Gasteiger partial charge in [0.2, 0.25) is 12.3 Å². The van der Waals surface area contributed by atoms with Crippen LogP contribution in [0.1, 0.15) is 76.2 Å². The number of aldehydes is 1. The summed E-state index contributed by atoms with van der Waals surface area (Å²) in [7, 11) is 4.17. The molecular formula is C32H47N5O3. The molecule has 0 atom stereocenters. The van der Waals surface area contributed by atoms with E-state index in [0.717, 1.165) is 29.5 Å². The first-order chi connectivity index (χ1) is 19.3. The van der Waals surface area contributed by atoms with Crippen molar-refractivity contribution in [1.82, 2.24) is 9.80 Å². The standard InChI is InChI=1S/C25H28N4O3.C5H13N.C2H6/c1-3-9-29(10-4-2)25(32)21-11-19-7-5-18(13-23(19)28-24(26)14-21)17-6-8-20(15-30)22(12-17)27-16-31;1-4-5-6(2)3;1-2/h5-8,11-13,15-16H,3-4,9-10,14H2,1-2H3,(H2,26,28)(H,27,31);4-5H2,1-3H3;1-2H3. The monoisotopic (exact) mass is 549 g/mol. The molecule has 0 spiro atoms. The Morgan fingerprint density at radius 2 is 1.55 bits per heavy atom. The summed E-state index contributed by atoms with van der Waals surface area (Å²) in [6, 6.07) is 10.9. The van der Waals surface area contributed by atoms with Crippen LogP contribution in [0.25, 0.3) is 17.2 Å². The second-order valence-corrected chi connectivity index (χ2v) is 9.50. The number of amides is 2. The van der Waals surface area contributed by atoms with Gasteiger partial charge in [0.15, 0.2) is 6.29 Å². The highest BCUT2D eigenvalue weighted by Crippen LogP contribution is 2.33. The topological polar surface area (TPSA) is 108 Å². The number of benzene rings is 2. The molecule has 0 radical (unpaired) electrons. The number of carbonyl (C=O) groups is 3. The van der Waals surface area contributed by atoms with Crippen molar-refractivity contribution in [2.24, 2.45) is 10.7 Å². The largest absolute Gasteiger partial charge is 0.387 e. The summed E-state index contributed by atoms with van der Waals surface area (Å²) >= 11 is 0. The molecule has 0 aliphatic carbocycles. The number of aliphatic imine (C=N–C) groups is 1. The molecule has 1 aliphatic heterocycles. The number of carbonyl (C=O) groups excluding carboxylic acids is 3. The summed E-state index contributed by atoms with van der Waals surface area (Å²) in [6.45, 7) is 12.9. The number of hydrogen-bond donors (Lipinski definition) is 2. The van der Waals surface area contributed by atoms with Gasteiger partial charge < -0.3 is 20.9 Å². The summed E-state index contributed by atoms with van der Waals surface area (Å²) in [5.74, 6) is 0.380. The second-order valence-electron chi connectivity index (χ2n) is 9.50. The van der Waals surface area contributed by atoms with E-state index in [-0.39, 0.29) is 5.91 Å². The molecule has 218 valence electrons. The average Bonchev–Trinajstić information content (AvgIpc) is 3.11. The molecule has 2 aromatic carbocycles. The number of nitrogens with one attached hydrogen (secondary N) is 1. The lowest BCUT2D eigenvalue weighted by Crippen LogP contribution is -2.34. The Balaban J connectivity index is 0.000000885. The zero-order chi connectivity index (χ0) is 30.1. The van der Waals surface area contributed by atoms with Crippen LogP contribution in [0.4, 0.5) is 11.4 Å². The fraction of sp³-hybridized carbons (Fsp3) is 0.438. The van der Waals surface area contributed by atoms with Crippen molar-refractivity contribution < 1.29 is 14.4 Å². The summed E-state index contributed by atoms with van der Waals surface area (Å²) in [5, 5.41) is 2.55. The molecule has 40 heavy (non-hydrogen) atoms. The molecule has 3 N–H and O–H groups in total. The van der Waals surface area contributed by atoms with Gasteiger partial charge >= 0.3 is 0 Å². The molecule has 1 heterocycles. The van der Waals surface area contributed by atoms with Crippen LogP contribution in [0.15, 0.2) is 47.0 Å². The van der Waals surface area contributed by atoms with Gasteiger partial charge in [-0.05, 0) is 75.3 Å². The van der Waals surface area contributed by atoms with Crippen LogP contribution in [0.3, 0.4) is 0 Å². The van der Waals surface area contributed by atoms with E-state index >= 15 is 0 Å². The van der Waals surface area contributed by atoms with Gasteiger partial charge in [-0.1, -0.05) is 52.8 Å². The number of rotatable bonds is 11. The molecule has 0 saturated carbocycles. The molecule has 0 fully saturated rings. The highest BCUT2D eigenvalue weighted by atomic mass is 16.2. The quantitative estimate of drug-likeness (QED) is 0.327. The summed E-state index contributed by atoms with van der Waals surface area (Å²) in [6.07, 6.45) is 6.46. The maximum atomic E-state index is 13.1. The van der Waals surface area contributed by atoms with Gasteiger partial charge in [0, 0.05) is 36.2 Å². The highest BCUT2D eigenvalue weighted by Gasteiger charge is 2.21. The van der Waals surface area contributed by atoms with E-state index in [2.05, 4.69) is 50.1 Å². The fourth-order valence-corrected chi connectivity index (χ4v) is 4.24. The Bertz CT molecular complexity index is 1170. The Labute approximate surface area is 240 Å². The predicted octanol–water partition coefficient (Wildman–Crippen LogP) is 6.14. The van der Waals surface area contributed by atoms with Gasteiger partial charge in [-0.15, -0.1) is 0 Å². The predicted molar refractivity (Wildman–Crippen MR) is 168 cm³/mol. The van der Waals surface area contributed by atoms with Gasteiger partial charge in [0.05, 0.1) is 11.4 Å². The van der Waals surface area contributed by atoms with E-state index in [1.807, 2.05) is 49.1 Å². The van der Waals surface area contributed by atoms with E-state index in [9.17, 15) is 14.4 Å². The normalized spacial score (nSPS) is 11.8. The smallest absolute Gasteiger partial charge is 0.250 e. The van der Waals surface area contributed by atoms with Crippen molar-refractivity contribution in [3.8, 4) is 11.1 Å². The maximum Gasteiger partial charge on any atom is 0.250 e. The first-order valence-electron chi connectivity index (χ1n) is 14.2.